The molecule has 4 rings (SSSR count). The van der Waals surface area contributed by atoms with Gasteiger partial charge in [0.05, 0.1) is 23.9 Å². The normalized spacial score (nSPS) is 12.8. The lowest BCUT2D eigenvalue weighted by molar-refractivity contribution is 0.543. The molecular weight excluding hydrogens is 370 g/mol. The highest BCUT2D eigenvalue weighted by atomic mass is 35.5. The van der Waals surface area contributed by atoms with Crippen LogP contribution in [0.5, 0.6) is 0 Å². The molecule has 0 fully saturated rings. The Bertz CT molecular complexity index is 1020. The van der Waals surface area contributed by atoms with Crippen LogP contribution in [0.2, 0.25) is 0 Å². The molecule has 1 aliphatic heterocycles. The molecule has 0 saturated carbocycles. The standard InChI is InChI=1S/C20H16F2N4.ClH/c21-16-5-4-15(18(22)9-16)12-26-19-6-7-24-11-17(19)20(25-26)14-3-1-2-13(8-14)10-23;/h1-5,8-9,24H,6-7,11-12H2;1H. The zero-order valence-corrected chi connectivity index (χ0v) is 15.2. The minimum atomic E-state index is -0.591. The summed E-state index contributed by atoms with van der Waals surface area (Å²) < 4.78 is 29.0. The number of rotatable bonds is 3. The largest absolute Gasteiger partial charge is 0.312 e. The van der Waals surface area contributed by atoms with Crippen LogP contribution in [-0.2, 0) is 19.5 Å². The maximum Gasteiger partial charge on any atom is 0.131 e. The minimum absolute atomic E-state index is 0. The van der Waals surface area contributed by atoms with Crippen molar-refractivity contribution < 1.29 is 8.78 Å². The van der Waals surface area contributed by atoms with Gasteiger partial charge >= 0.3 is 0 Å². The molecule has 1 N–H and O–H groups in total. The summed E-state index contributed by atoms with van der Waals surface area (Å²) >= 11 is 0. The second-order valence-electron chi connectivity index (χ2n) is 6.29. The van der Waals surface area contributed by atoms with Crippen molar-refractivity contribution in [1.82, 2.24) is 15.1 Å². The molecule has 2 heterocycles. The van der Waals surface area contributed by atoms with Gasteiger partial charge in [-0.25, -0.2) is 8.78 Å². The summed E-state index contributed by atoms with van der Waals surface area (Å²) in [6.07, 6.45) is 0.781. The Hall–Kier alpha value is -2.75. The number of fused-ring (bicyclic) bond motifs is 1. The Morgan fingerprint density at radius 1 is 1.19 bits per heavy atom. The molecule has 2 aromatic carbocycles. The molecule has 0 amide bonds. The molecule has 0 aliphatic carbocycles. The van der Waals surface area contributed by atoms with Gasteiger partial charge in [-0.15, -0.1) is 12.4 Å². The summed E-state index contributed by atoms with van der Waals surface area (Å²) in [6, 6.07) is 13.0. The Morgan fingerprint density at radius 2 is 2.04 bits per heavy atom. The number of halogens is 3. The average molecular weight is 387 g/mol. The van der Waals surface area contributed by atoms with Gasteiger partial charge in [0, 0.05) is 48.0 Å². The summed E-state index contributed by atoms with van der Waals surface area (Å²) in [7, 11) is 0. The molecule has 7 heteroatoms. The van der Waals surface area contributed by atoms with E-state index in [1.54, 1.807) is 16.8 Å². The van der Waals surface area contributed by atoms with E-state index in [1.165, 1.54) is 12.1 Å². The van der Waals surface area contributed by atoms with Crippen molar-refractivity contribution in [2.45, 2.75) is 19.5 Å². The lowest BCUT2D eigenvalue weighted by Gasteiger charge is -2.16. The highest BCUT2D eigenvalue weighted by Crippen LogP contribution is 2.29. The third-order valence-corrected chi connectivity index (χ3v) is 4.61. The molecule has 0 saturated heterocycles. The number of nitriles is 1. The Kier molecular flexibility index (Phi) is 5.54. The van der Waals surface area contributed by atoms with Crippen LogP contribution in [0.1, 0.15) is 22.4 Å². The van der Waals surface area contributed by atoms with Crippen molar-refractivity contribution in [3.8, 4) is 17.3 Å². The first-order chi connectivity index (χ1) is 12.7. The third-order valence-electron chi connectivity index (χ3n) is 4.61. The molecule has 1 aliphatic rings. The van der Waals surface area contributed by atoms with Crippen molar-refractivity contribution >= 4 is 12.4 Å². The second-order valence-corrected chi connectivity index (χ2v) is 6.29. The molecule has 3 aromatic rings. The number of aromatic nitrogens is 2. The van der Waals surface area contributed by atoms with Crippen LogP contribution in [-0.4, -0.2) is 16.3 Å². The van der Waals surface area contributed by atoms with Gasteiger partial charge in [0.1, 0.15) is 11.6 Å². The summed E-state index contributed by atoms with van der Waals surface area (Å²) in [5.41, 5.74) is 4.74. The Balaban J connectivity index is 0.00000210. The van der Waals surface area contributed by atoms with Gasteiger partial charge in [0.25, 0.3) is 0 Å². The van der Waals surface area contributed by atoms with Gasteiger partial charge in [-0.3, -0.25) is 4.68 Å². The Morgan fingerprint density at radius 3 is 2.81 bits per heavy atom. The molecule has 0 atom stereocenters. The van der Waals surface area contributed by atoms with Gasteiger partial charge < -0.3 is 5.32 Å². The number of hydrogen-bond donors (Lipinski definition) is 1. The zero-order chi connectivity index (χ0) is 18.1. The minimum Gasteiger partial charge on any atom is -0.312 e. The van der Waals surface area contributed by atoms with E-state index in [1.807, 2.05) is 12.1 Å². The average Bonchev–Trinajstić information content (AvgIpc) is 3.03. The van der Waals surface area contributed by atoms with Crippen LogP contribution < -0.4 is 5.32 Å². The number of nitrogens with zero attached hydrogens (tertiary/aromatic N) is 3. The van der Waals surface area contributed by atoms with E-state index in [9.17, 15) is 8.78 Å². The highest BCUT2D eigenvalue weighted by Gasteiger charge is 2.22. The highest BCUT2D eigenvalue weighted by molar-refractivity contribution is 5.85. The van der Waals surface area contributed by atoms with Crippen LogP contribution in [0.25, 0.3) is 11.3 Å². The first kappa shape index (κ1) is 19.0. The van der Waals surface area contributed by atoms with E-state index in [4.69, 9.17) is 10.4 Å². The van der Waals surface area contributed by atoms with Crippen LogP contribution in [0.4, 0.5) is 8.78 Å². The molecule has 138 valence electrons. The molecule has 0 bridgehead atoms. The number of nitrogens with one attached hydrogen (secondary N) is 1. The molecule has 0 radical (unpaired) electrons. The molecular formula is C20H17ClF2N4. The summed E-state index contributed by atoms with van der Waals surface area (Å²) in [5.74, 6) is -1.16. The predicted octanol–water partition coefficient (Wildman–Crippen LogP) is 3.82. The smallest absolute Gasteiger partial charge is 0.131 e. The van der Waals surface area contributed by atoms with Gasteiger partial charge in [-0.2, -0.15) is 10.4 Å². The lowest BCUT2D eigenvalue weighted by atomic mass is 10.0. The molecule has 0 unspecified atom stereocenters. The van der Waals surface area contributed by atoms with Crippen molar-refractivity contribution in [2.24, 2.45) is 0 Å². The fourth-order valence-corrected chi connectivity index (χ4v) is 3.33. The van der Waals surface area contributed by atoms with Gasteiger partial charge in [-0.05, 0) is 18.2 Å². The van der Waals surface area contributed by atoms with E-state index in [0.29, 0.717) is 17.7 Å². The van der Waals surface area contributed by atoms with Gasteiger partial charge in [0.15, 0.2) is 0 Å². The maximum atomic E-state index is 14.1. The summed E-state index contributed by atoms with van der Waals surface area (Å²) in [4.78, 5) is 0. The predicted molar refractivity (Wildman–Crippen MR) is 100 cm³/mol. The third kappa shape index (κ3) is 3.70. The first-order valence-electron chi connectivity index (χ1n) is 8.39. The van der Waals surface area contributed by atoms with E-state index >= 15 is 0 Å². The summed E-state index contributed by atoms with van der Waals surface area (Å²) in [5, 5.41) is 17.2. The maximum absolute atomic E-state index is 14.1. The molecule has 27 heavy (non-hydrogen) atoms. The van der Waals surface area contributed by atoms with Crippen LogP contribution in [0, 0.1) is 23.0 Å². The number of benzene rings is 2. The lowest BCUT2D eigenvalue weighted by Crippen LogP contribution is -2.25. The van der Waals surface area contributed by atoms with Crippen molar-refractivity contribution in [3.05, 3.63) is 76.5 Å². The van der Waals surface area contributed by atoms with Crippen LogP contribution in [0.3, 0.4) is 0 Å². The quantitative estimate of drug-likeness (QED) is 0.744. The van der Waals surface area contributed by atoms with Crippen molar-refractivity contribution in [1.29, 1.82) is 5.26 Å². The van der Waals surface area contributed by atoms with Crippen molar-refractivity contribution in [2.75, 3.05) is 6.54 Å². The SMILES string of the molecule is Cl.N#Cc1cccc(-c2nn(Cc3ccc(F)cc3F)c3c2CNCC3)c1. The fraction of sp³-hybridized carbons (Fsp3) is 0.200. The van der Waals surface area contributed by atoms with E-state index in [0.717, 1.165) is 41.5 Å². The second kappa shape index (κ2) is 7.87. The Labute approximate surface area is 161 Å². The van der Waals surface area contributed by atoms with E-state index in [-0.39, 0.29) is 19.0 Å². The molecule has 1 aromatic heterocycles. The summed E-state index contributed by atoms with van der Waals surface area (Å²) in [6.45, 7) is 1.74. The zero-order valence-electron chi connectivity index (χ0n) is 14.4. The van der Waals surface area contributed by atoms with Crippen LogP contribution in [0.15, 0.2) is 42.5 Å². The van der Waals surface area contributed by atoms with E-state index in [2.05, 4.69) is 11.4 Å². The van der Waals surface area contributed by atoms with E-state index < -0.39 is 11.6 Å². The topological polar surface area (TPSA) is 53.6 Å². The van der Waals surface area contributed by atoms with Crippen molar-refractivity contribution in [3.63, 3.8) is 0 Å². The van der Waals surface area contributed by atoms with Crippen LogP contribution >= 0.6 is 12.4 Å². The molecule has 4 nitrogen and oxygen atoms in total. The van der Waals surface area contributed by atoms with Gasteiger partial charge in [-0.1, -0.05) is 18.2 Å². The monoisotopic (exact) mass is 386 g/mol. The van der Waals surface area contributed by atoms with Gasteiger partial charge in [0.2, 0.25) is 0 Å². The fourth-order valence-electron chi connectivity index (χ4n) is 3.33. The first-order valence-corrected chi connectivity index (χ1v) is 8.39. The molecule has 0 spiro atoms. The number of hydrogen-bond acceptors (Lipinski definition) is 3.